The standard InChI is InChI=1S/C19H22N4O3S/c1-12-5-4-6-15-16(12)20-19(27-15)26-13-7-9-23(10-8-13)18(24)14-11-22(2)21-17(14)25-3/h4-6,11,13H,7-10H2,1-3H3. The van der Waals surface area contributed by atoms with E-state index in [1.807, 2.05) is 11.0 Å². The van der Waals surface area contributed by atoms with E-state index in [9.17, 15) is 4.79 Å². The van der Waals surface area contributed by atoms with Gasteiger partial charge in [-0.3, -0.25) is 9.48 Å². The third-order valence-corrected chi connectivity index (χ3v) is 5.73. The van der Waals surface area contributed by atoms with Gasteiger partial charge in [-0.2, -0.15) is 0 Å². The smallest absolute Gasteiger partial charge is 0.274 e. The van der Waals surface area contributed by atoms with Gasteiger partial charge in [0.1, 0.15) is 11.7 Å². The minimum atomic E-state index is -0.0472. The zero-order valence-corrected chi connectivity index (χ0v) is 16.5. The molecule has 3 heterocycles. The summed E-state index contributed by atoms with van der Waals surface area (Å²) >= 11 is 1.58. The number of benzene rings is 1. The van der Waals surface area contributed by atoms with Crippen molar-refractivity contribution in [3.05, 3.63) is 35.5 Å². The van der Waals surface area contributed by atoms with E-state index >= 15 is 0 Å². The molecule has 0 saturated carbocycles. The average Bonchev–Trinajstić information content (AvgIpc) is 3.25. The molecule has 27 heavy (non-hydrogen) atoms. The predicted molar refractivity (Wildman–Crippen MR) is 104 cm³/mol. The number of rotatable bonds is 4. The van der Waals surface area contributed by atoms with E-state index in [1.54, 1.807) is 29.3 Å². The molecule has 8 heteroatoms. The molecular formula is C19H22N4O3S. The third-order valence-electron chi connectivity index (χ3n) is 4.82. The van der Waals surface area contributed by atoms with Crippen molar-refractivity contribution in [3.8, 4) is 11.1 Å². The Morgan fingerprint density at radius 3 is 2.78 bits per heavy atom. The number of nitrogens with zero attached hydrogens (tertiary/aromatic N) is 4. The van der Waals surface area contributed by atoms with Gasteiger partial charge in [0, 0.05) is 39.2 Å². The van der Waals surface area contributed by atoms with Gasteiger partial charge < -0.3 is 14.4 Å². The molecule has 0 N–H and O–H groups in total. The molecule has 0 aliphatic carbocycles. The van der Waals surface area contributed by atoms with E-state index in [-0.39, 0.29) is 12.0 Å². The average molecular weight is 386 g/mol. The van der Waals surface area contributed by atoms with Gasteiger partial charge in [0.15, 0.2) is 0 Å². The van der Waals surface area contributed by atoms with Crippen molar-refractivity contribution in [2.45, 2.75) is 25.9 Å². The number of carbonyl (C=O) groups is 1. The number of thiazole rings is 1. The van der Waals surface area contributed by atoms with Gasteiger partial charge in [0.05, 0.1) is 17.3 Å². The highest BCUT2D eigenvalue weighted by Crippen LogP contribution is 2.31. The predicted octanol–water partition coefficient (Wildman–Crippen LogP) is 3.03. The summed E-state index contributed by atoms with van der Waals surface area (Å²) in [6, 6.07) is 6.16. The first-order valence-corrected chi connectivity index (χ1v) is 9.76. The Labute approximate surface area is 161 Å². The van der Waals surface area contributed by atoms with Crippen molar-refractivity contribution in [2.24, 2.45) is 7.05 Å². The summed E-state index contributed by atoms with van der Waals surface area (Å²) in [6.07, 6.45) is 3.34. The summed E-state index contributed by atoms with van der Waals surface area (Å²) in [5.41, 5.74) is 2.67. The SMILES string of the molecule is COc1nn(C)cc1C(=O)N1CCC(Oc2nc3c(C)cccc3s2)CC1. The van der Waals surface area contributed by atoms with Gasteiger partial charge >= 0.3 is 0 Å². The largest absolute Gasteiger partial charge is 0.479 e. The molecule has 1 aliphatic heterocycles. The molecule has 7 nitrogen and oxygen atoms in total. The molecule has 1 amide bonds. The highest BCUT2D eigenvalue weighted by Gasteiger charge is 2.28. The lowest BCUT2D eigenvalue weighted by molar-refractivity contribution is 0.0592. The maximum atomic E-state index is 12.8. The number of para-hydroxylation sites is 1. The normalized spacial score (nSPS) is 15.3. The van der Waals surface area contributed by atoms with Gasteiger partial charge in [-0.1, -0.05) is 23.5 Å². The Bertz CT molecular complexity index is 973. The number of methoxy groups -OCH3 is 1. The van der Waals surface area contributed by atoms with Crippen LogP contribution >= 0.6 is 11.3 Å². The second-order valence-corrected chi connectivity index (χ2v) is 7.73. The molecular weight excluding hydrogens is 364 g/mol. The molecule has 3 aromatic rings. The minimum Gasteiger partial charge on any atom is -0.479 e. The second-order valence-electron chi connectivity index (χ2n) is 6.74. The molecule has 142 valence electrons. The van der Waals surface area contributed by atoms with Gasteiger partial charge in [0.25, 0.3) is 11.1 Å². The summed E-state index contributed by atoms with van der Waals surface area (Å²) in [5.74, 6) is 0.319. The summed E-state index contributed by atoms with van der Waals surface area (Å²) in [5, 5.41) is 4.87. The number of fused-ring (bicyclic) bond motifs is 1. The number of amides is 1. The van der Waals surface area contributed by atoms with Crippen LogP contribution < -0.4 is 9.47 Å². The van der Waals surface area contributed by atoms with Crippen molar-refractivity contribution < 1.29 is 14.3 Å². The van der Waals surface area contributed by atoms with Crippen LogP contribution in [0.4, 0.5) is 0 Å². The van der Waals surface area contributed by atoms with Gasteiger partial charge in [-0.25, -0.2) is 4.98 Å². The monoisotopic (exact) mass is 386 g/mol. The van der Waals surface area contributed by atoms with Crippen LogP contribution in [0.15, 0.2) is 24.4 Å². The summed E-state index contributed by atoms with van der Waals surface area (Å²) in [6.45, 7) is 3.35. The van der Waals surface area contributed by atoms with Crippen LogP contribution in [-0.2, 0) is 7.05 Å². The summed E-state index contributed by atoms with van der Waals surface area (Å²) in [4.78, 5) is 19.2. The van der Waals surface area contributed by atoms with Crippen molar-refractivity contribution in [1.82, 2.24) is 19.7 Å². The summed E-state index contributed by atoms with van der Waals surface area (Å²) in [7, 11) is 3.30. The van der Waals surface area contributed by atoms with E-state index in [0.29, 0.717) is 29.7 Å². The van der Waals surface area contributed by atoms with Gasteiger partial charge in [-0.15, -0.1) is 5.10 Å². The van der Waals surface area contributed by atoms with Crippen LogP contribution in [0, 0.1) is 6.92 Å². The van der Waals surface area contributed by atoms with Crippen LogP contribution in [0.2, 0.25) is 0 Å². The number of hydrogen-bond acceptors (Lipinski definition) is 6. The Hall–Kier alpha value is -2.61. The first-order chi connectivity index (χ1) is 13.0. The van der Waals surface area contributed by atoms with Crippen LogP contribution in [-0.4, -0.2) is 51.9 Å². The van der Waals surface area contributed by atoms with Crippen LogP contribution in [0.1, 0.15) is 28.8 Å². The molecule has 0 spiro atoms. The highest BCUT2D eigenvalue weighted by atomic mass is 32.1. The topological polar surface area (TPSA) is 69.5 Å². The molecule has 1 saturated heterocycles. The molecule has 4 rings (SSSR count). The Morgan fingerprint density at radius 2 is 2.07 bits per heavy atom. The molecule has 1 aliphatic rings. The van der Waals surface area contributed by atoms with Gasteiger partial charge in [0.2, 0.25) is 5.88 Å². The van der Waals surface area contributed by atoms with Crippen molar-refractivity contribution in [1.29, 1.82) is 0 Å². The first kappa shape index (κ1) is 17.8. The van der Waals surface area contributed by atoms with Crippen molar-refractivity contribution in [2.75, 3.05) is 20.2 Å². The molecule has 0 unspecified atom stereocenters. The number of piperidine rings is 1. The molecule has 0 bridgehead atoms. The summed E-state index contributed by atoms with van der Waals surface area (Å²) < 4.78 is 14.0. The van der Waals surface area contributed by atoms with E-state index < -0.39 is 0 Å². The fraction of sp³-hybridized carbons (Fsp3) is 0.421. The van der Waals surface area contributed by atoms with Crippen LogP contribution in [0.5, 0.6) is 11.1 Å². The Morgan fingerprint density at radius 1 is 1.30 bits per heavy atom. The number of aryl methyl sites for hydroxylation is 2. The minimum absolute atomic E-state index is 0.0472. The first-order valence-electron chi connectivity index (χ1n) is 8.95. The van der Waals surface area contributed by atoms with Crippen molar-refractivity contribution in [3.63, 3.8) is 0 Å². The third kappa shape index (κ3) is 3.49. The van der Waals surface area contributed by atoms with Crippen LogP contribution in [0.3, 0.4) is 0 Å². The second kappa shape index (κ2) is 7.19. The quantitative estimate of drug-likeness (QED) is 0.689. The molecule has 0 radical (unpaired) electrons. The van der Waals surface area contributed by atoms with E-state index in [1.165, 1.54) is 7.11 Å². The molecule has 1 aromatic carbocycles. The van der Waals surface area contributed by atoms with Crippen molar-refractivity contribution >= 4 is 27.5 Å². The Balaban J connectivity index is 1.39. The zero-order valence-electron chi connectivity index (χ0n) is 15.6. The lowest BCUT2D eigenvalue weighted by atomic mass is 10.1. The number of aromatic nitrogens is 3. The lowest BCUT2D eigenvalue weighted by Crippen LogP contribution is -2.41. The number of likely N-dealkylation sites (tertiary alicyclic amines) is 1. The van der Waals surface area contributed by atoms with E-state index in [0.717, 1.165) is 28.6 Å². The van der Waals surface area contributed by atoms with E-state index in [2.05, 4.69) is 29.1 Å². The van der Waals surface area contributed by atoms with Crippen LogP contribution in [0.25, 0.3) is 10.2 Å². The fourth-order valence-electron chi connectivity index (χ4n) is 3.37. The number of ether oxygens (including phenoxy) is 2. The van der Waals surface area contributed by atoms with E-state index in [4.69, 9.17) is 9.47 Å². The lowest BCUT2D eigenvalue weighted by Gasteiger charge is -2.31. The van der Waals surface area contributed by atoms with Gasteiger partial charge in [-0.05, 0) is 18.6 Å². The Kier molecular flexibility index (Phi) is 4.73. The zero-order chi connectivity index (χ0) is 19.0. The highest BCUT2D eigenvalue weighted by molar-refractivity contribution is 7.20. The maximum Gasteiger partial charge on any atom is 0.274 e. The molecule has 1 fully saturated rings. The molecule has 2 aromatic heterocycles. The molecule has 0 atom stereocenters. The number of hydrogen-bond donors (Lipinski definition) is 0. The fourth-order valence-corrected chi connectivity index (χ4v) is 4.33. The maximum absolute atomic E-state index is 12.8. The number of carbonyl (C=O) groups excluding carboxylic acids is 1.